The lowest BCUT2D eigenvalue weighted by atomic mass is 9.93. The first-order valence-electron chi connectivity index (χ1n) is 9.98. The first-order valence-corrected chi connectivity index (χ1v) is 11.9. The Morgan fingerprint density at radius 2 is 2.07 bits per heavy atom. The normalized spacial score (nSPS) is 21.6. The number of aryl methyl sites for hydroxylation is 1. The summed E-state index contributed by atoms with van der Waals surface area (Å²) in [6.07, 6.45) is 5.29. The average molecular weight is 454 g/mol. The van der Waals surface area contributed by atoms with Crippen molar-refractivity contribution in [3.05, 3.63) is 40.8 Å². The Morgan fingerprint density at radius 3 is 2.83 bits per heavy atom. The van der Waals surface area contributed by atoms with Crippen molar-refractivity contribution >= 4 is 33.2 Å². The smallest absolute Gasteiger partial charge is 0.319 e. The van der Waals surface area contributed by atoms with Crippen LogP contribution in [0.1, 0.15) is 43.0 Å². The highest BCUT2D eigenvalue weighted by molar-refractivity contribution is 7.92. The van der Waals surface area contributed by atoms with Crippen LogP contribution in [0.4, 0.5) is 10.5 Å². The fraction of sp³-hybridized carbons (Fsp3) is 0.450. The molecule has 4 N–H and O–H groups in total. The number of benzene rings is 1. The van der Waals surface area contributed by atoms with Crippen LogP contribution in [0, 0.1) is 0 Å². The number of amides is 2. The topological polar surface area (TPSA) is 121 Å². The molecule has 0 spiro atoms. The van der Waals surface area contributed by atoms with Crippen LogP contribution in [0.15, 0.2) is 33.8 Å². The number of rotatable bonds is 4. The lowest BCUT2D eigenvalue weighted by Gasteiger charge is -2.25. The van der Waals surface area contributed by atoms with Crippen LogP contribution in [0.25, 0.3) is 0 Å². The number of fused-ring (bicyclic) bond motifs is 1. The highest BCUT2D eigenvalue weighted by atomic mass is 35.5. The third kappa shape index (κ3) is 4.01. The molecule has 1 aliphatic heterocycles. The molecular weight excluding hydrogens is 430 g/mol. The number of aromatic hydroxyl groups is 1. The summed E-state index contributed by atoms with van der Waals surface area (Å²) in [6.45, 7) is 1.05. The van der Waals surface area contributed by atoms with Crippen molar-refractivity contribution in [2.24, 2.45) is 0 Å². The van der Waals surface area contributed by atoms with Crippen LogP contribution in [0.3, 0.4) is 0 Å². The summed E-state index contributed by atoms with van der Waals surface area (Å²) in [4.78, 5) is 12.2. The number of anilines is 1. The van der Waals surface area contributed by atoms with Crippen LogP contribution in [-0.2, 0) is 16.3 Å². The Morgan fingerprint density at radius 1 is 1.23 bits per heavy atom. The number of furan rings is 1. The Balaban J connectivity index is 1.54. The second-order valence-electron chi connectivity index (χ2n) is 7.63. The maximum Gasteiger partial charge on any atom is 0.319 e. The predicted molar refractivity (Wildman–Crippen MR) is 113 cm³/mol. The highest BCUT2D eigenvalue weighted by Crippen LogP contribution is 2.39. The number of hydrogen-bond donors (Lipinski definition) is 4. The number of phenolic OH excluding ortho intramolecular Hbond substituents is 1. The molecule has 30 heavy (non-hydrogen) atoms. The van der Waals surface area contributed by atoms with Gasteiger partial charge in [0.1, 0.15) is 10.7 Å². The maximum absolute atomic E-state index is 13.1. The van der Waals surface area contributed by atoms with E-state index in [0.29, 0.717) is 13.0 Å². The molecule has 1 aromatic heterocycles. The molecule has 0 radical (unpaired) electrons. The summed E-state index contributed by atoms with van der Waals surface area (Å²) in [5.41, 5.74) is 0.923. The molecule has 2 heterocycles. The van der Waals surface area contributed by atoms with Gasteiger partial charge in [-0.1, -0.05) is 11.6 Å². The largest absolute Gasteiger partial charge is 0.504 e. The molecule has 1 unspecified atom stereocenters. The quantitative estimate of drug-likeness (QED) is 0.527. The Hall–Kier alpha value is -2.23. The zero-order valence-corrected chi connectivity index (χ0v) is 17.9. The molecule has 1 aliphatic carbocycles. The third-order valence-corrected chi connectivity index (χ3v) is 8.35. The minimum atomic E-state index is -3.87. The fourth-order valence-electron chi connectivity index (χ4n) is 4.12. The number of sulfone groups is 1. The predicted octanol–water partition coefficient (Wildman–Crippen LogP) is 3.36. The average Bonchev–Trinajstić information content (AvgIpc) is 3.21. The van der Waals surface area contributed by atoms with Gasteiger partial charge in [-0.2, -0.15) is 0 Å². The molecule has 1 fully saturated rings. The van der Waals surface area contributed by atoms with Gasteiger partial charge < -0.3 is 25.5 Å². The molecule has 2 atom stereocenters. The molecule has 0 bridgehead atoms. The molecule has 162 valence electrons. The standard InChI is InChI=1S/C20H24ClN3O5S/c21-14-6-7-16(18(25)19(14)30(27,28)12-3-2-9-22-11-12)24-20(26)23-15-4-1-5-17-13(15)8-10-29-17/h6-8,10,12,15,22,25H,1-5,9,11H2,(H2,23,24,26)/t12-,15?/m0/s1. The highest BCUT2D eigenvalue weighted by Gasteiger charge is 2.34. The zero-order valence-electron chi connectivity index (χ0n) is 16.3. The fourth-order valence-corrected chi connectivity index (χ4v) is 6.46. The maximum atomic E-state index is 13.1. The van der Waals surface area contributed by atoms with Crippen molar-refractivity contribution in [3.63, 3.8) is 0 Å². The molecule has 4 rings (SSSR count). The van der Waals surface area contributed by atoms with E-state index in [9.17, 15) is 18.3 Å². The van der Waals surface area contributed by atoms with E-state index in [1.165, 1.54) is 12.1 Å². The lowest BCUT2D eigenvalue weighted by molar-refractivity contribution is 0.246. The molecule has 1 saturated heterocycles. The van der Waals surface area contributed by atoms with E-state index >= 15 is 0 Å². The van der Waals surface area contributed by atoms with Gasteiger partial charge in [-0.05, 0) is 50.4 Å². The van der Waals surface area contributed by atoms with Crippen molar-refractivity contribution in [3.8, 4) is 5.75 Å². The molecule has 2 aromatic rings. The summed E-state index contributed by atoms with van der Waals surface area (Å²) >= 11 is 6.14. The number of carbonyl (C=O) groups is 1. The van der Waals surface area contributed by atoms with Gasteiger partial charge in [0.15, 0.2) is 15.6 Å². The Kier molecular flexibility index (Phi) is 5.95. The van der Waals surface area contributed by atoms with Crippen molar-refractivity contribution in [2.75, 3.05) is 18.4 Å². The Bertz CT molecular complexity index is 1050. The molecule has 2 amide bonds. The van der Waals surface area contributed by atoms with Crippen molar-refractivity contribution in [1.29, 1.82) is 0 Å². The first kappa shape index (κ1) is 21.0. The molecular formula is C20H24ClN3O5S. The van der Waals surface area contributed by atoms with Crippen LogP contribution in [-0.4, -0.2) is 37.9 Å². The second-order valence-corrected chi connectivity index (χ2v) is 10.2. The lowest BCUT2D eigenvalue weighted by Crippen LogP contribution is -2.39. The monoisotopic (exact) mass is 453 g/mol. The van der Waals surface area contributed by atoms with Gasteiger partial charge >= 0.3 is 6.03 Å². The molecule has 8 nitrogen and oxygen atoms in total. The van der Waals surface area contributed by atoms with E-state index < -0.39 is 26.9 Å². The third-order valence-electron chi connectivity index (χ3n) is 5.66. The van der Waals surface area contributed by atoms with E-state index in [0.717, 1.165) is 43.6 Å². The van der Waals surface area contributed by atoms with E-state index in [1.807, 2.05) is 6.07 Å². The number of piperidine rings is 1. The van der Waals surface area contributed by atoms with Gasteiger partial charge in [-0.15, -0.1) is 0 Å². The van der Waals surface area contributed by atoms with Gasteiger partial charge in [0.25, 0.3) is 0 Å². The Labute approximate surface area is 179 Å². The number of urea groups is 1. The van der Waals surface area contributed by atoms with Gasteiger partial charge in [-0.3, -0.25) is 0 Å². The van der Waals surface area contributed by atoms with Crippen molar-refractivity contribution in [2.45, 2.75) is 48.3 Å². The van der Waals surface area contributed by atoms with E-state index in [4.69, 9.17) is 16.0 Å². The summed E-state index contributed by atoms with van der Waals surface area (Å²) in [7, 11) is -3.87. The van der Waals surface area contributed by atoms with Crippen molar-refractivity contribution < 1.29 is 22.7 Å². The minimum Gasteiger partial charge on any atom is -0.504 e. The first-order chi connectivity index (χ1) is 14.4. The number of hydrogen-bond acceptors (Lipinski definition) is 6. The number of halogens is 1. The number of phenols is 1. The zero-order chi connectivity index (χ0) is 21.3. The van der Waals surface area contributed by atoms with Crippen molar-refractivity contribution in [1.82, 2.24) is 10.6 Å². The van der Waals surface area contributed by atoms with Gasteiger partial charge in [0.2, 0.25) is 0 Å². The molecule has 2 aliphatic rings. The van der Waals surface area contributed by atoms with Crippen LogP contribution < -0.4 is 16.0 Å². The van der Waals surface area contributed by atoms with E-state index in [1.54, 1.807) is 6.26 Å². The van der Waals surface area contributed by atoms with Crippen LogP contribution >= 0.6 is 11.6 Å². The molecule has 1 aromatic carbocycles. The number of carbonyl (C=O) groups excluding carboxylic acids is 1. The summed E-state index contributed by atoms with van der Waals surface area (Å²) in [5.74, 6) is 0.311. The van der Waals surface area contributed by atoms with Crippen LogP contribution in [0.2, 0.25) is 5.02 Å². The summed E-state index contributed by atoms with van der Waals surface area (Å²) < 4.78 is 31.6. The SMILES string of the molecule is O=C(Nc1ccc(Cl)c(S(=O)(=O)[C@H]2CCCNC2)c1O)NC1CCCc2occc21. The minimum absolute atomic E-state index is 0.0116. The van der Waals surface area contributed by atoms with E-state index in [-0.39, 0.29) is 21.6 Å². The number of nitrogens with one attached hydrogen (secondary N) is 3. The summed E-state index contributed by atoms with van der Waals surface area (Å²) in [5, 5.41) is 18.4. The molecule has 0 saturated carbocycles. The van der Waals surface area contributed by atoms with Gasteiger partial charge in [0.05, 0.1) is 28.3 Å². The second kappa shape index (κ2) is 8.49. The van der Waals surface area contributed by atoms with E-state index in [2.05, 4.69) is 16.0 Å². The molecule has 10 heteroatoms. The van der Waals surface area contributed by atoms with Crippen LogP contribution in [0.5, 0.6) is 5.75 Å². The van der Waals surface area contributed by atoms with Gasteiger partial charge in [-0.25, -0.2) is 13.2 Å². The summed E-state index contributed by atoms with van der Waals surface area (Å²) in [6, 6.07) is 3.84. The van der Waals surface area contributed by atoms with Gasteiger partial charge in [0, 0.05) is 18.5 Å².